The number of nitrogens with zero attached hydrogens (tertiary/aromatic N) is 1. The molecule has 0 N–H and O–H groups in total. The van der Waals surface area contributed by atoms with E-state index in [-0.39, 0.29) is 29.6 Å². The highest BCUT2D eigenvalue weighted by Crippen LogP contribution is 2.55. The fraction of sp³-hybridized carbons (Fsp3) is 1.00. The molecule has 88 valence electrons. The van der Waals surface area contributed by atoms with Crippen molar-refractivity contribution in [1.29, 1.82) is 0 Å². The van der Waals surface area contributed by atoms with Gasteiger partial charge in [-0.05, 0) is 26.7 Å². The van der Waals surface area contributed by atoms with Crippen molar-refractivity contribution in [3.63, 3.8) is 0 Å². The molecular formula is C12H22INO. The van der Waals surface area contributed by atoms with Crippen molar-refractivity contribution >= 4 is 0 Å². The molecule has 3 heterocycles. The molecule has 15 heavy (non-hydrogen) atoms. The Labute approximate surface area is 110 Å². The highest BCUT2D eigenvalue weighted by Gasteiger charge is 2.63. The SMILES string of the molecule is CC[N+]1(C)CC2C3CCC(C)(O3)C2C1.[I-]. The fourth-order valence-electron chi connectivity index (χ4n) is 4.07. The topological polar surface area (TPSA) is 9.23 Å². The molecule has 3 aliphatic heterocycles. The minimum absolute atomic E-state index is 0. The summed E-state index contributed by atoms with van der Waals surface area (Å²) in [6.45, 7) is 8.68. The Morgan fingerprint density at radius 1 is 1.40 bits per heavy atom. The van der Waals surface area contributed by atoms with Gasteiger partial charge in [0.2, 0.25) is 0 Å². The van der Waals surface area contributed by atoms with E-state index in [4.69, 9.17) is 4.74 Å². The molecule has 3 fully saturated rings. The van der Waals surface area contributed by atoms with E-state index in [1.807, 2.05) is 0 Å². The van der Waals surface area contributed by atoms with E-state index < -0.39 is 0 Å². The van der Waals surface area contributed by atoms with Crippen LogP contribution in [0, 0.1) is 11.8 Å². The highest BCUT2D eigenvalue weighted by molar-refractivity contribution is 5.06. The van der Waals surface area contributed by atoms with Crippen molar-refractivity contribution in [2.75, 3.05) is 26.7 Å². The summed E-state index contributed by atoms with van der Waals surface area (Å²) < 4.78 is 7.44. The molecule has 3 saturated heterocycles. The van der Waals surface area contributed by atoms with Gasteiger partial charge in [-0.2, -0.15) is 0 Å². The molecule has 0 spiro atoms. The molecule has 5 atom stereocenters. The largest absolute Gasteiger partial charge is 1.00 e. The number of likely N-dealkylation sites (tertiary alicyclic amines) is 1. The number of hydrogen-bond acceptors (Lipinski definition) is 1. The number of fused-ring (bicyclic) bond motifs is 5. The maximum atomic E-state index is 6.15. The summed E-state index contributed by atoms with van der Waals surface area (Å²) >= 11 is 0. The molecule has 2 nitrogen and oxygen atoms in total. The van der Waals surface area contributed by atoms with Crippen LogP contribution in [0.5, 0.6) is 0 Å². The van der Waals surface area contributed by atoms with E-state index in [0.29, 0.717) is 6.10 Å². The van der Waals surface area contributed by atoms with Crippen LogP contribution in [0.4, 0.5) is 0 Å². The van der Waals surface area contributed by atoms with Crippen molar-refractivity contribution in [1.82, 2.24) is 0 Å². The third kappa shape index (κ3) is 1.57. The van der Waals surface area contributed by atoms with Gasteiger partial charge in [0, 0.05) is 11.8 Å². The summed E-state index contributed by atoms with van der Waals surface area (Å²) in [5, 5.41) is 0. The zero-order valence-corrected chi connectivity index (χ0v) is 12.2. The molecular weight excluding hydrogens is 301 g/mol. The number of halogens is 1. The Bertz CT molecular complexity index is 272. The minimum atomic E-state index is 0. The minimum Gasteiger partial charge on any atom is -1.00 e. The molecule has 0 amide bonds. The molecule has 0 radical (unpaired) electrons. The number of hydrogen-bond donors (Lipinski definition) is 0. The Balaban J connectivity index is 0.000000853. The van der Waals surface area contributed by atoms with Crippen molar-refractivity contribution in [2.24, 2.45) is 11.8 Å². The fourth-order valence-corrected chi connectivity index (χ4v) is 4.07. The lowest BCUT2D eigenvalue weighted by atomic mass is 9.75. The van der Waals surface area contributed by atoms with Gasteiger partial charge < -0.3 is 33.2 Å². The van der Waals surface area contributed by atoms with Gasteiger partial charge in [0.15, 0.2) is 0 Å². The summed E-state index contributed by atoms with van der Waals surface area (Å²) in [5.41, 5.74) is 0.251. The van der Waals surface area contributed by atoms with Crippen molar-refractivity contribution in [3.05, 3.63) is 0 Å². The predicted octanol–water partition coefficient (Wildman–Crippen LogP) is -1.35. The summed E-state index contributed by atoms with van der Waals surface area (Å²) in [6, 6.07) is 0. The van der Waals surface area contributed by atoms with E-state index in [2.05, 4.69) is 20.9 Å². The predicted molar refractivity (Wildman–Crippen MR) is 56.0 cm³/mol. The van der Waals surface area contributed by atoms with E-state index in [0.717, 1.165) is 11.8 Å². The van der Waals surface area contributed by atoms with E-state index in [1.54, 1.807) is 0 Å². The third-order valence-electron chi connectivity index (χ3n) is 5.18. The van der Waals surface area contributed by atoms with Gasteiger partial charge in [0.05, 0.1) is 38.4 Å². The Hall–Kier alpha value is 0.650. The molecule has 5 unspecified atom stereocenters. The van der Waals surface area contributed by atoms with Gasteiger partial charge >= 0.3 is 0 Å². The quantitative estimate of drug-likeness (QED) is 0.429. The van der Waals surface area contributed by atoms with Crippen LogP contribution in [0.1, 0.15) is 26.7 Å². The molecule has 0 aromatic rings. The van der Waals surface area contributed by atoms with E-state index in [9.17, 15) is 0 Å². The number of ether oxygens (including phenoxy) is 1. The van der Waals surface area contributed by atoms with E-state index >= 15 is 0 Å². The first kappa shape index (κ1) is 12.1. The van der Waals surface area contributed by atoms with E-state index in [1.165, 1.54) is 37.0 Å². The maximum Gasteiger partial charge on any atom is 0.0847 e. The molecule has 0 aromatic carbocycles. The Morgan fingerprint density at radius 2 is 2.13 bits per heavy atom. The molecule has 2 bridgehead atoms. The highest BCUT2D eigenvalue weighted by atomic mass is 127. The molecule has 0 aliphatic carbocycles. The molecule has 3 rings (SSSR count). The second-order valence-electron chi connectivity index (χ2n) is 6.08. The lowest BCUT2D eigenvalue weighted by molar-refractivity contribution is -0.899. The summed E-state index contributed by atoms with van der Waals surface area (Å²) in [7, 11) is 2.42. The van der Waals surface area contributed by atoms with Gasteiger partial charge in [-0.15, -0.1) is 0 Å². The van der Waals surface area contributed by atoms with Crippen LogP contribution in [-0.2, 0) is 4.74 Å². The van der Waals surface area contributed by atoms with Gasteiger partial charge in [-0.1, -0.05) is 0 Å². The molecule has 0 aromatic heterocycles. The number of quaternary nitrogens is 1. The van der Waals surface area contributed by atoms with Crippen molar-refractivity contribution in [3.8, 4) is 0 Å². The van der Waals surface area contributed by atoms with Gasteiger partial charge in [-0.25, -0.2) is 0 Å². The zero-order chi connectivity index (χ0) is 9.97. The van der Waals surface area contributed by atoms with Crippen LogP contribution in [0.2, 0.25) is 0 Å². The summed E-state index contributed by atoms with van der Waals surface area (Å²) in [6.07, 6.45) is 3.24. The number of rotatable bonds is 1. The monoisotopic (exact) mass is 323 g/mol. The standard InChI is InChI=1S/C12H22NO.HI/c1-4-13(3)7-9-10(8-13)12(2)6-5-11(9)14-12;/h9-11H,4-8H2,1-3H3;1H/q+1;/p-1. The van der Waals surface area contributed by atoms with Gasteiger partial charge in [0.25, 0.3) is 0 Å². The second kappa shape index (κ2) is 3.57. The van der Waals surface area contributed by atoms with Crippen LogP contribution >= 0.6 is 0 Å². The van der Waals surface area contributed by atoms with Gasteiger partial charge in [0.1, 0.15) is 0 Å². The maximum absolute atomic E-state index is 6.15. The summed E-state index contributed by atoms with van der Waals surface area (Å²) in [4.78, 5) is 0. The normalized spacial score (nSPS) is 56.6. The summed E-state index contributed by atoms with van der Waals surface area (Å²) in [5.74, 6) is 1.73. The average Bonchev–Trinajstić information content (AvgIpc) is 2.74. The van der Waals surface area contributed by atoms with Crippen LogP contribution < -0.4 is 24.0 Å². The van der Waals surface area contributed by atoms with Crippen molar-refractivity contribution < 1.29 is 33.2 Å². The van der Waals surface area contributed by atoms with Crippen molar-refractivity contribution in [2.45, 2.75) is 38.4 Å². The smallest absolute Gasteiger partial charge is 0.0847 e. The van der Waals surface area contributed by atoms with Crippen LogP contribution in [0.25, 0.3) is 0 Å². The molecule has 0 saturated carbocycles. The molecule has 3 heteroatoms. The first-order valence-corrected chi connectivity index (χ1v) is 6.08. The van der Waals surface area contributed by atoms with Crippen LogP contribution in [0.3, 0.4) is 0 Å². The first-order chi connectivity index (χ1) is 6.56. The Morgan fingerprint density at radius 3 is 2.73 bits per heavy atom. The van der Waals surface area contributed by atoms with Crippen LogP contribution in [-0.4, -0.2) is 42.9 Å². The zero-order valence-electron chi connectivity index (χ0n) is 10.0. The lowest BCUT2D eigenvalue weighted by Crippen LogP contribution is -3.00. The lowest BCUT2D eigenvalue weighted by Gasteiger charge is -2.32. The molecule has 3 aliphatic rings. The average molecular weight is 323 g/mol. The second-order valence-corrected chi connectivity index (χ2v) is 6.08. The third-order valence-corrected chi connectivity index (χ3v) is 5.18. The van der Waals surface area contributed by atoms with Crippen LogP contribution in [0.15, 0.2) is 0 Å². The first-order valence-electron chi connectivity index (χ1n) is 6.08. The van der Waals surface area contributed by atoms with Gasteiger partial charge in [-0.3, -0.25) is 0 Å². The Kier molecular flexibility index (Phi) is 2.88.